The summed E-state index contributed by atoms with van der Waals surface area (Å²) in [7, 11) is -3.56. The first-order valence-corrected chi connectivity index (χ1v) is 7.60. The molecule has 0 saturated heterocycles. The topological polar surface area (TPSA) is 85.3 Å². The molecule has 1 saturated carbocycles. The van der Waals surface area contributed by atoms with Crippen LogP contribution in [-0.2, 0) is 16.6 Å². The minimum atomic E-state index is -3.56. The van der Waals surface area contributed by atoms with Crippen molar-refractivity contribution < 1.29 is 12.8 Å². The van der Waals surface area contributed by atoms with Crippen molar-refractivity contribution in [2.45, 2.75) is 57.0 Å². The molecule has 0 atom stereocenters. The Labute approximate surface area is 108 Å². The normalized spacial score (nSPS) is 18.7. The van der Waals surface area contributed by atoms with Gasteiger partial charge in [-0.3, -0.25) is 0 Å². The first-order chi connectivity index (χ1) is 8.29. The number of hydrogen-bond acceptors (Lipinski definition) is 4. The number of furan rings is 1. The van der Waals surface area contributed by atoms with Crippen molar-refractivity contribution in [1.29, 1.82) is 0 Å². The molecule has 0 aromatic carbocycles. The Bertz CT molecular complexity index is 556. The average Bonchev–Trinajstić information content (AvgIpc) is 2.50. The molecule has 1 aromatic heterocycles. The van der Waals surface area contributed by atoms with E-state index in [0.29, 0.717) is 17.1 Å². The monoisotopic (exact) mass is 272 g/mol. The van der Waals surface area contributed by atoms with Crippen LogP contribution in [0.2, 0.25) is 0 Å². The van der Waals surface area contributed by atoms with E-state index in [1.807, 2.05) is 6.92 Å². The quantitative estimate of drug-likeness (QED) is 0.871. The van der Waals surface area contributed by atoms with E-state index in [2.05, 4.69) is 4.72 Å². The predicted molar refractivity (Wildman–Crippen MR) is 68.7 cm³/mol. The summed E-state index contributed by atoms with van der Waals surface area (Å²) >= 11 is 0. The summed E-state index contributed by atoms with van der Waals surface area (Å²) in [6.45, 7) is 5.48. The van der Waals surface area contributed by atoms with Crippen LogP contribution in [-0.4, -0.2) is 14.0 Å². The smallest absolute Gasteiger partial charge is 0.244 e. The molecule has 3 N–H and O–H groups in total. The standard InChI is InChI=1S/C12H20N2O3S/c1-8-10(7-13)11(9(2)17-8)18(15,16)14-12(3)5-4-6-12/h14H,4-7,13H2,1-3H3. The molecular weight excluding hydrogens is 252 g/mol. The maximum Gasteiger partial charge on any atom is 0.244 e. The van der Waals surface area contributed by atoms with E-state index in [0.717, 1.165) is 19.3 Å². The van der Waals surface area contributed by atoms with Crippen LogP contribution in [0.3, 0.4) is 0 Å². The van der Waals surface area contributed by atoms with Crippen LogP contribution in [0, 0.1) is 13.8 Å². The second kappa shape index (κ2) is 4.36. The summed E-state index contributed by atoms with van der Waals surface area (Å²) in [6, 6.07) is 0. The lowest BCUT2D eigenvalue weighted by atomic mass is 9.80. The largest absolute Gasteiger partial charge is 0.465 e. The number of aryl methyl sites for hydroxylation is 2. The van der Waals surface area contributed by atoms with Crippen LogP contribution in [0.25, 0.3) is 0 Å². The van der Waals surface area contributed by atoms with Gasteiger partial charge in [0, 0.05) is 17.6 Å². The maximum atomic E-state index is 12.4. The molecule has 0 unspecified atom stereocenters. The van der Waals surface area contributed by atoms with Crippen molar-refractivity contribution in [3.63, 3.8) is 0 Å². The Kier molecular flexibility index (Phi) is 3.29. The Morgan fingerprint density at radius 2 is 1.94 bits per heavy atom. The number of sulfonamides is 1. The highest BCUT2D eigenvalue weighted by atomic mass is 32.2. The lowest BCUT2D eigenvalue weighted by Crippen LogP contribution is -2.50. The van der Waals surface area contributed by atoms with Crippen molar-refractivity contribution in [3.05, 3.63) is 17.1 Å². The zero-order chi connectivity index (χ0) is 13.6. The zero-order valence-electron chi connectivity index (χ0n) is 11.0. The first kappa shape index (κ1) is 13.6. The lowest BCUT2D eigenvalue weighted by molar-refractivity contribution is 0.248. The summed E-state index contributed by atoms with van der Waals surface area (Å²) in [5, 5.41) is 0. The minimum Gasteiger partial charge on any atom is -0.465 e. The Morgan fingerprint density at radius 1 is 1.33 bits per heavy atom. The van der Waals surface area contributed by atoms with Crippen molar-refractivity contribution in [3.8, 4) is 0 Å². The van der Waals surface area contributed by atoms with Crippen LogP contribution in [0.1, 0.15) is 43.3 Å². The Morgan fingerprint density at radius 3 is 2.39 bits per heavy atom. The van der Waals surface area contributed by atoms with Gasteiger partial charge < -0.3 is 10.2 Å². The molecule has 0 aliphatic heterocycles. The number of nitrogens with two attached hydrogens (primary N) is 1. The van der Waals surface area contributed by atoms with Gasteiger partial charge in [-0.1, -0.05) is 0 Å². The Hall–Kier alpha value is -0.850. The van der Waals surface area contributed by atoms with Gasteiger partial charge in [0.25, 0.3) is 0 Å². The fourth-order valence-electron chi connectivity index (χ4n) is 2.48. The van der Waals surface area contributed by atoms with E-state index in [1.165, 1.54) is 0 Å². The van der Waals surface area contributed by atoms with Gasteiger partial charge in [0.2, 0.25) is 10.0 Å². The van der Waals surface area contributed by atoms with Crippen molar-refractivity contribution in [2.75, 3.05) is 0 Å². The summed E-state index contributed by atoms with van der Waals surface area (Å²) in [6.07, 6.45) is 2.81. The van der Waals surface area contributed by atoms with Gasteiger partial charge in [0.1, 0.15) is 16.4 Å². The van der Waals surface area contributed by atoms with Crippen molar-refractivity contribution in [2.24, 2.45) is 5.73 Å². The van der Waals surface area contributed by atoms with E-state index < -0.39 is 10.0 Å². The van der Waals surface area contributed by atoms with E-state index in [4.69, 9.17) is 10.2 Å². The summed E-state index contributed by atoms with van der Waals surface area (Å²) < 4.78 is 33.0. The molecule has 5 nitrogen and oxygen atoms in total. The van der Waals surface area contributed by atoms with Gasteiger partial charge in [-0.25, -0.2) is 13.1 Å². The van der Waals surface area contributed by atoms with Gasteiger partial charge in [0.15, 0.2) is 0 Å². The fraction of sp³-hybridized carbons (Fsp3) is 0.667. The maximum absolute atomic E-state index is 12.4. The molecule has 1 aliphatic rings. The zero-order valence-corrected chi connectivity index (χ0v) is 11.9. The van der Waals surface area contributed by atoms with E-state index >= 15 is 0 Å². The van der Waals surface area contributed by atoms with Crippen LogP contribution < -0.4 is 10.5 Å². The molecule has 0 radical (unpaired) electrons. The van der Waals surface area contributed by atoms with Crippen LogP contribution >= 0.6 is 0 Å². The third-order valence-electron chi connectivity index (χ3n) is 3.64. The van der Waals surface area contributed by atoms with Crippen LogP contribution in [0.15, 0.2) is 9.31 Å². The fourth-order valence-corrected chi connectivity index (χ4v) is 4.41. The highest BCUT2D eigenvalue weighted by Gasteiger charge is 2.38. The molecule has 102 valence electrons. The molecule has 1 aromatic rings. The predicted octanol–water partition coefficient (Wildman–Crippen LogP) is 1.58. The van der Waals surface area contributed by atoms with Gasteiger partial charge in [-0.2, -0.15) is 0 Å². The summed E-state index contributed by atoms with van der Waals surface area (Å²) in [4.78, 5) is 0.218. The summed E-state index contributed by atoms with van der Waals surface area (Å²) in [5.41, 5.74) is 5.87. The summed E-state index contributed by atoms with van der Waals surface area (Å²) in [5.74, 6) is 0.984. The highest BCUT2D eigenvalue weighted by molar-refractivity contribution is 7.89. The average molecular weight is 272 g/mol. The molecule has 2 rings (SSSR count). The second-order valence-electron chi connectivity index (χ2n) is 5.25. The van der Waals surface area contributed by atoms with E-state index in [-0.39, 0.29) is 17.0 Å². The van der Waals surface area contributed by atoms with Gasteiger partial charge in [-0.15, -0.1) is 0 Å². The molecule has 0 bridgehead atoms. The molecular formula is C12H20N2O3S. The third-order valence-corrected chi connectivity index (χ3v) is 5.47. The van der Waals surface area contributed by atoms with Crippen LogP contribution in [0.4, 0.5) is 0 Å². The third kappa shape index (κ3) is 2.20. The van der Waals surface area contributed by atoms with E-state index in [1.54, 1.807) is 13.8 Å². The highest BCUT2D eigenvalue weighted by Crippen LogP contribution is 2.34. The Balaban J connectivity index is 2.41. The number of nitrogens with one attached hydrogen (secondary N) is 1. The molecule has 6 heteroatoms. The van der Waals surface area contributed by atoms with E-state index in [9.17, 15) is 8.42 Å². The van der Waals surface area contributed by atoms with Gasteiger partial charge in [-0.05, 0) is 40.0 Å². The lowest BCUT2D eigenvalue weighted by Gasteiger charge is -2.38. The molecule has 1 aliphatic carbocycles. The molecule has 1 fully saturated rings. The van der Waals surface area contributed by atoms with Gasteiger partial charge >= 0.3 is 0 Å². The van der Waals surface area contributed by atoms with Crippen LogP contribution in [0.5, 0.6) is 0 Å². The first-order valence-electron chi connectivity index (χ1n) is 6.12. The number of rotatable bonds is 4. The minimum absolute atomic E-state index is 0.163. The molecule has 18 heavy (non-hydrogen) atoms. The molecule has 1 heterocycles. The van der Waals surface area contributed by atoms with Crippen molar-refractivity contribution >= 4 is 10.0 Å². The second-order valence-corrected chi connectivity index (χ2v) is 6.87. The molecule has 0 spiro atoms. The molecule has 0 amide bonds. The SMILES string of the molecule is Cc1oc(C)c(S(=O)(=O)NC2(C)CCC2)c1CN. The van der Waals surface area contributed by atoms with Crippen molar-refractivity contribution in [1.82, 2.24) is 4.72 Å². The number of hydrogen-bond donors (Lipinski definition) is 2. The van der Waals surface area contributed by atoms with Gasteiger partial charge in [0.05, 0.1) is 0 Å².